The molecule has 6 heteroatoms. The van der Waals surface area contributed by atoms with Gasteiger partial charge in [0.15, 0.2) is 0 Å². The van der Waals surface area contributed by atoms with Gasteiger partial charge in [-0.15, -0.1) is 0 Å². The summed E-state index contributed by atoms with van der Waals surface area (Å²) in [7, 11) is 2.12. The van der Waals surface area contributed by atoms with E-state index in [9.17, 15) is 9.59 Å². The molecule has 1 spiro atoms. The van der Waals surface area contributed by atoms with Crippen molar-refractivity contribution in [1.29, 1.82) is 0 Å². The Labute approximate surface area is 180 Å². The second kappa shape index (κ2) is 8.58. The first-order valence-corrected chi connectivity index (χ1v) is 11.5. The Hall–Kier alpha value is -2.08. The van der Waals surface area contributed by atoms with E-state index in [1.165, 1.54) is 12.8 Å². The molecule has 3 aliphatic rings. The van der Waals surface area contributed by atoms with E-state index in [1.54, 1.807) is 4.90 Å². The summed E-state index contributed by atoms with van der Waals surface area (Å²) in [5.41, 5.74) is 1.17. The monoisotopic (exact) mass is 413 g/mol. The van der Waals surface area contributed by atoms with Crippen LogP contribution in [0.2, 0.25) is 0 Å². The maximum atomic E-state index is 13.6. The summed E-state index contributed by atoms with van der Waals surface area (Å²) in [5.74, 6) is 0.650. The van der Waals surface area contributed by atoms with Crippen LogP contribution in [0.15, 0.2) is 18.2 Å². The molecular formula is C24H35N3O3. The van der Waals surface area contributed by atoms with Crippen LogP contribution in [0, 0.1) is 6.92 Å². The Bertz CT molecular complexity index is 793. The standard InChI is InChI=1S/C24H35N3O3/c1-18-8-9-21-20(16-18)23(29)27(17-24(30-21)10-14-25(3)15-11-24)19(2)22(28)26-12-6-4-5-7-13-26/h8-9,16,19H,4-7,10-15,17H2,1-3H3. The maximum absolute atomic E-state index is 13.6. The van der Waals surface area contributed by atoms with E-state index in [0.29, 0.717) is 17.9 Å². The number of aryl methyl sites for hydroxylation is 1. The highest BCUT2D eigenvalue weighted by molar-refractivity contribution is 6.00. The zero-order chi connectivity index (χ0) is 21.3. The van der Waals surface area contributed by atoms with Crippen LogP contribution < -0.4 is 4.74 Å². The van der Waals surface area contributed by atoms with Gasteiger partial charge < -0.3 is 19.4 Å². The molecule has 1 atom stereocenters. The van der Waals surface area contributed by atoms with Gasteiger partial charge in [-0.3, -0.25) is 9.59 Å². The summed E-state index contributed by atoms with van der Waals surface area (Å²) in [6, 6.07) is 5.34. The number of fused-ring (bicyclic) bond motifs is 1. The van der Waals surface area contributed by atoms with E-state index in [0.717, 1.165) is 57.4 Å². The fourth-order valence-electron chi connectivity index (χ4n) is 4.99. The van der Waals surface area contributed by atoms with E-state index in [1.807, 2.05) is 36.9 Å². The predicted octanol–water partition coefficient (Wildman–Crippen LogP) is 3.09. The molecule has 2 amide bonds. The van der Waals surface area contributed by atoms with Gasteiger partial charge in [0.05, 0.1) is 12.1 Å². The summed E-state index contributed by atoms with van der Waals surface area (Å²) in [4.78, 5) is 33.1. The Balaban J connectivity index is 1.66. The first kappa shape index (κ1) is 21.2. The highest BCUT2D eigenvalue weighted by atomic mass is 16.5. The van der Waals surface area contributed by atoms with Gasteiger partial charge in [0, 0.05) is 39.0 Å². The van der Waals surface area contributed by atoms with Crippen molar-refractivity contribution in [2.75, 3.05) is 39.8 Å². The average molecular weight is 414 g/mol. The molecule has 2 fully saturated rings. The van der Waals surface area contributed by atoms with Crippen LogP contribution in [0.4, 0.5) is 0 Å². The molecule has 0 aromatic heterocycles. The highest BCUT2D eigenvalue weighted by Crippen LogP contribution is 2.36. The van der Waals surface area contributed by atoms with Gasteiger partial charge in [0.1, 0.15) is 17.4 Å². The smallest absolute Gasteiger partial charge is 0.258 e. The molecule has 2 saturated heterocycles. The van der Waals surface area contributed by atoms with Crippen LogP contribution in [-0.2, 0) is 4.79 Å². The number of nitrogens with zero attached hydrogens (tertiary/aromatic N) is 3. The lowest BCUT2D eigenvalue weighted by Gasteiger charge is -2.43. The lowest BCUT2D eigenvalue weighted by atomic mass is 9.90. The van der Waals surface area contributed by atoms with Gasteiger partial charge in [-0.05, 0) is 45.9 Å². The maximum Gasteiger partial charge on any atom is 0.258 e. The van der Waals surface area contributed by atoms with Crippen molar-refractivity contribution >= 4 is 11.8 Å². The number of hydrogen-bond acceptors (Lipinski definition) is 4. The molecular weight excluding hydrogens is 378 g/mol. The second-order valence-electron chi connectivity index (χ2n) is 9.44. The van der Waals surface area contributed by atoms with Gasteiger partial charge in [-0.1, -0.05) is 24.5 Å². The Kier molecular flexibility index (Phi) is 6.05. The van der Waals surface area contributed by atoms with E-state index in [4.69, 9.17) is 4.74 Å². The van der Waals surface area contributed by atoms with Crippen molar-refractivity contribution < 1.29 is 14.3 Å². The quantitative estimate of drug-likeness (QED) is 0.748. The van der Waals surface area contributed by atoms with Crippen LogP contribution in [-0.4, -0.2) is 77.9 Å². The summed E-state index contributed by atoms with van der Waals surface area (Å²) in [6.45, 7) is 7.80. The molecule has 1 aromatic carbocycles. The fraction of sp³-hybridized carbons (Fsp3) is 0.667. The van der Waals surface area contributed by atoms with Crippen LogP contribution in [0.1, 0.15) is 61.4 Å². The number of piperidine rings is 1. The lowest BCUT2D eigenvalue weighted by molar-refractivity contribution is -0.136. The molecule has 1 unspecified atom stereocenters. The van der Waals surface area contributed by atoms with E-state index in [-0.39, 0.29) is 11.8 Å². The lowest BCUT2D eigenvalue weighted by Crippen LogP contribution is -2.57. The van der Waals surface area contributed by atoms with Crippen molar-refractivity contribution in [3.8, 4) is 5.75 Å². The molecule has 164 valence electrons. The van der Waals surface area contributed by atoms with Crippen molar-refractivity contribution in [1.82, 2.24) is 14.7 Å². The van der Waals surface area contributed by atoms with Crippen LogP contribution in [0.5, 0.6) is 5.75 Å². The molecule has 30 heavy (non-hydrogen) atoms. The van der Waals surface area contributed by atoms with Gasteiger partial charge in [-0.2, -0.15) is 0 Å². The third kappa shape index (κ3) is 4.20. The number of amides is 2. The highest BCUT2D eigenvalue weighted by Gasteiger charge is 2.45. The van der Waals surface area contributed by atoms with Crippen molar-refractivity contribution in [2.24, 2.45) is 0 Å². The number of benzene rings is 1. The Morgan fingerprint density at radius 3 is 2.40 bits per heavy atom. The third-order valence-corrected chi connectivity index (χ3v) is 7.05. The number of carbonyl (C=O) groups is 2. The summed E-state index contributed by atoms with van der Waals surface area (Å²) in [5, 5.41) is 0. The Morgan fingerprint density at radius 1 is 1.07 bits per heavy atom. The molecule has 0 aliphatic carbocycles. The van der Waals surface area contributed by atoms with Crippen LogP contribution in [0.25, 0.3) is 0 Å². The largest absolute Gasteiger partial charge is 0.484 e. The van der Waals surface area contributed by atoms with Crippen LogP contribution >= 0.6 is 0 Å². The second-order valence-corrected chi connectivity index (χ2v) is 9.44. The molecule has 0 saturated carbocycles. The number of likely N-dealkylation sites (tertiary alicyclic amines) is 2. The molecule has 0 bridgehead atoms. The van der Waals surface area contributed by atoms with Gasteiger partial charge >= 0.3 is 0 Å². The van der Waals surface area contributed by atoms with Gasteiger partial charge in [-0.25, -0.2) is 0 Å². The number of carbonyl (C=O) groups excluding carboxylic acids is 2. The first-order chi connectivity index (χ1) is 14.4. The number of ether oxygens (including phenoxy) is 1. The number of hydrogen-bond donors (Lipinski definition) is 0. The van der Waals surface area contributed by atoms with Crippen molar-refractivity contribution in [3.63, 3.8) is 0 Å². The fourth-order valence-corrected chi connectivity index (χ4v) is 4.99. The van der Waals surface area contributed by atoms with Crippen molar-refractivity contribution in [2.45, 2.75) is 64.0 Å². The zero-order valence-corrected chi connectivity index (χ0v) is 18.7. The minimum atomic E-state index is -0.484. The topological polar surface area (TPSA) is 53.1 Å². The normalized spacial score (nSPS) is 23.4. The summed E-state index contributed by atoms with van der Waals surface area (Å²) >= 11 is 0. The van der Waals surface area contributed by atoms with E-state index >= 15 is 0 Å². The molecule has 1 aromatic rings. The molecule has 3 heterocycles. The summed E-state index contributed by atoms with van der Waals surface area (Å²) in [6.07, 6.45) is 6.16. The zero-order valence-electron chi connectivity index (χ0n) is 18.7. The van der Waals surface area contributed by atoms with Gasteiger partial charge in [0.25, 0.3) is 5.91 Å². The van der Waals surface area contributed by atoms with E-state index in [2.05, 4.69) is 11.9 Å². The number of rotatable bonds is 2. The van der Waals surface area contributed by atoms with Gasteiger partial charge in [0.2, 0.25) is 5.91 Å². The van der Waals surface area contributed by atoms with Crippen LogP contribution in [0.3, 0.4) is 0 Å². The Morgan fingerprint density at radius 2 is 1.73 bits per heavy atom. The molecule has 4 rings (SSSR count). The molecule has 0 radical (unpaired) electrons. The summed E-state index contributed by atoms with van der Waals surface area (Å²) < 4.78 is 6.57. The van der Waals surface area contributed by atoms with Crippen molar-refractivity contribution in [3.05, 3.63) is 29.3 Å². The first-order valence-electron chi connectivity index (χ1n) is 11.5. The minimum Gasteiger partial charge on any atom is -0.484 e. The minimum absolute atomic E-state index is 0.0735. The van der Waals surface area contributed by atoms with E-state index < -0.39 is 11.6 Å². The SMILES string of the molecule is Cc1ccc2c(c1)C(=O)N(C(C)C(=O)N1CCCCCC1)CC1(CCN(C)CC1)O2. The predicted molar refractivity (Wildman–Crippen MR) is 117 cm³/mol. The average Bonchev–Trinajstić information content (AvgIpc) is 3.08. The molecule has 3 aliphatic heterocycles. The third-order valence-electron chi connectivity index (χ3n) is 7.05. The molecule has 0 N–H and O–H groups in total. The molecule has 6 nitrogen and oxygen atoms in total.